The number of hydrogen-bond acceptors (Lipinski definition) is 3. The molecule has 0 unspecified atom stereocenters. The molecule has 0 aliphatic carbocycles. The topological polar surface area (TPSA) is 50.3 Å². The zero-order valence-electron chi connectivity index (χ0n) is 13.9. The first-order valence-electron chi connectivity index (χ1n) is 8.10. The van der Waals surface area contributed by atoms with Gasteiger partial charge in [0.05, 0.1) is 10.4 Å². The highest BCUT2D eigenvalue weighted by atomic mass is 35.5. The monoisotopic (exact) mass is 374 g/mol. The standard InChI is InChI=1S/C19H19ClN2O2S/c1-2-13-22(25(23,24)18-10-8-17(20)9-11-18)14-16-6-3-5-15-7-4-12-21-19(15)16/h3-12H,2,13-14H2,1H3. The van der Waals surface area contributed by atoms with E-state index in [4.69, 9.17) is 11.6 Å². The Morgan fingerprint density at radius 2 is 1.76 bits per heavy atom. The van der Waals surface area contributed by atoms with Crippen LogP contribution in [0.3, 0.4) is 0 Å². The lowest BCUT2D eigenvalue weighted by Crippen LogP contribution is -2.31. The van der Waals surface area contributed by atoms with Gasteiger partial charge in [-0.05, 0) is 42.3 Å². The molecule has 0 N–H and O–H groups in total. The molecular weight excluding hydrogens is 356 g/mol. The first kappa shape index (κ1) is 17.9. The summed E-state index contributed by atoms with van der Waals surface area (Å²) in [5, 5.41) is 1.51. The molecule has 0 fully saturated rings. The van der Waals surface area contributed by atoms with Crippen LogP contribution in [0, 0.1) is 0 Å². The Bertz CT molecular complexity index is 967. The van der Waals surface area contributed by atoms with Crippen LogP contribution >= 0.6 is 11.6 Å². The van der Waals surface area contributed by atoms with Gasteiger partial charge in [-0.15, -0.1) is 0 Å². The van der Waals surface area contributed by atoms with E-state index in [2.05, 4.69) is 4.98 Å². The van der Waals surface area contributed by atoms with E-state index < -0.39 is 10.0 Å². The maximum absolute atomic E-state index is 13.0. The molecule has 2 aromatic carbocycles. The Kier molecular flexibility index (Phi) is 5.37. The Hall–Kier alpha value is -1.95. The Morgan fingerprint density at radius 1 is 1.04 bits per heavy atom. The number of fused-ring (bicyclic) bond motifs is 1. The van der Waals surface area contributed by atoms with Crippen molar-refractivity contribution in [2.45, 2.75) is 24.8 Å². The minimum Gasteiger partial charge on any atom is -0.256 e. The lowest BCUT2D eigenvalue weighted by molar-refractivity contribution is 0.406. The minimum absolute atomic E-state index is 0.249. The summed E-state index contributed by atoms with van der Waals surface area (Å²) >= 11 is 5.88. The molecule has 0 atom stereocenters. The van der Waals surface area contributed by atoms with Crippen LogP contribution in [0.1, 0.15) is 18.9 Å². The van der Waals surface area contributed by atoms with Crippen molar-refractivity contribution in [2.75, 3.05) is 6.54 Å². The van der Waals surface area contributed by atoms with Gasteiger partial charge in [-0.2, -0.15) is 4.31 Å². The molecule has 0 saturated carbocycles. The van der Waals surface area contributed by atoms with Gasteiger partial charge in [0.25, 0.3) is 0 Å². The van der Waals surface area contributed by atoms with E-state index in [1.165, 1.54) is 4.31 Å². The molecule has 1 heterocycles. The molecule has 0 aliphatic rings. The van der Waals surface area contributed by atoms with Gasteiger partial charge in [0.1, 0.15) is 0 Å². The molecule has 6 heteroatoms. The summed E-state index contributed by atoms with van der Waals surface area (Å²) in [6, 6.07) is 16.0. The second kappa shape index (κ2) is 7.52. The van der Waals surface area contributed by atoms with Crippen molar-refractivity contribution in [1.82, 2.24) is 9.29 Å². The van der Waals surface area contributed by atoms with E-state index in [1.807, 2.05) is 37.3 Å². The molecular formula is C19H19ClN2O2S. The van der Waals surface area contributed by atoms with Crippen molar-refractivity contribution in [1.29, 1.82) is 0 Å². The average Bonchev–Trinajstić information content (AvgIpc) is 2.62. The summed E-state index contributed by atoms with van der Waals surface area (Å²) in [5.74, 6) is 0. The van der Waals surface area contributed by atoms with Crippen LogP contribution in [0.2, 0.25) is 5.02 Å². The van der Waals surface area contributed by atoms with Gasteiger partial charge in [0.2, 0.25) is 10.0 Å². The minimum atomic E-state index is -3.60. The molecule has 0 spiro atoms. The van der Waals surface area contributed by atoms with E-state index >= 15 is 0 Å². The molecule has 130 valence electrons. The predicted molar refractivity (Wildman–Crippen MR) is 101 cm³/mol. The molecule has 0 bridgehead atoms. The second-order valence-corrected chi connectivity index (χ2v) is 8.16. The molecule has 3 aromatic rings. The van der Waals surface area contributed by atoms with Gasteiger partial charge in [-0.25, -0.2) is 8.42 Å². The van der Waals surface area contributed by atoms with Gasteiger partial charge in [-0.1, -0.05) is 42.8 Å². The molecule has 3 rings (SSSR count). The summed E-state index contributed by atoms with van der Waals surface area (Å²) in [5.41, 5.74) is 1.72. The number of rotatable bonds is 6. The van der Waals surface area contributed by atoms with Crippen LogP contribution in [-0.2, 0) is 16.6 Å². The Morgan fingerprint density at radius 3 is 2.48 bits per heavy atom. The van der Waals surface area contributed by atoms with Gasteiger partial charge in [0.15, 0.2) is 0 Å². The van der Waals surface area contributed by atoms with Gasteiger partial charge >= 0.3 is 0 Å². The quantitative estimate of drug-likeness (QED) is 0.638. The SMILES string of the molecule is CCCN(Cc1cccc2cccnc12)S(=O)(=O)c1ccc(Cl)cc1. The number of aromatic nitrogens is 1. The molecule has 1 aromatic heterocycles. The third kappa shape index (κ3) is 3.84. The highest BCUT2D eigenvalue weighted by Gasteiger charge is 2.24. The largest absolute Gasteiger partial charge is 0.256 e. The zero-order valence-corrected chi connectivity index (χ0v) is 15.5. The number of pyridine rings is 1. The number of sulfonamides is 1. The van der Waals surface area contributed by atoms with Crippen molar-refractivity contribution < 1.29 is 8.42 Å². The normalized spacial score (nSPS) is 12.0. The van der Waals surface area contributed by atoms with E-state index in [1.54, 1.807) is 30.5 Å². The van der Waals surface area contributed by atoms with E-state index in [-0.39, 0.29) is 11.4 Å². The van der Waals surface area contributed by atoms with Gasteiger partial charge in [-0.3, -0.25) is 4.98 Å². The smallest absolute Gasteiger partial charge is 0.243 e. The van der Waals surface area contributed by atoms with E-state index in [0.29, 0.717) is 11.6 Å². The van der Waals surface area contributed by atoms with Gasteiger partial charge in [0, 0.05) is 29.7 Å². The van der Waals surface area contributed by atoms with Crippen LogP contribution in [0.15, 0.2) is 65.7 Å². The third-order valence-corrected chi connectivity index (χ3v) is 6.10. The first-order valence-corrected chi connectivity index (χ1v) is 9.92. The van der Waals surface area contributed by atoms with Crippen LogP contribution < -0.4 is 0 Å². The number of halogens is 1. The molecule has 4 nitrogen and oxygen atoms in total. The maximum atomic E-state index is 13.0. The number of para-hydroxylation sites is 1. The lowest BCUT2D eigenvalue weighted by Gasteiger charge is -2.22. The summed E-state index contributed by atoms with van der Waals surface area (Å²) < 4.78 is 27.6. The summed E-state index contributed by atoms with van der Waals surface area (Å²) in [7, 11) is -3.60. The van der Waals surface area contributed by atoms with Crippen LogP contribution in [-0.4, -0.2) is 24.3 Å². The Labute approximate surface area is 153 Å². The summed E-state index contributed by atoms with van der Waals surface area (Å²) in [6.07, 6.45) is 2.45. The fourth-order valence-electron chi connectivity index (χ4n) is 2.77. The lowest BCUT2D eigenvalue weighted by atomic mass is 10.1. The van der Waals surface area contributed by atoms with Crippen LogP contribution in [0.5, 0.6) is 0 Å². The van der Waals surface area contributed by atoms with Crippen molar-refractivity contribution in [3.05, 3.63) is 71.4 Å². The summed E-state index contributed by atoms with van der Waals surface area (Å²) in [4.78, 5) is 4.67. The van der Waals surface area contributed by atoms with Crippen molar-refractivity contribution >= 4 is 32.5 Å². The average molecular weight is 375 g/mol. The zero-order chi connectivity index (χ0) is 17.9. The molecule has 0 radical (unpaired) electrons. The van der Waals surface area contributed by atoms with Gasteiger partial charge < -0.3 is 0 Å². The van der Waals surface area contributed by atoms with Crippen molar-refractivity contribution in [3.8, 4) is 0 Å². The summed E-state index contributed by atoms with van der Waals surface area (Å²) in [6.45, 7) is 2.69. The molecule has 0 amide bonds. The molecule has 25 heavy (non-hydrogen) atoms. The highest BCUT2D eigenvalue weighted by Crippen LogP contribution is 2.23. The maximum Gasteiger partial charge on any atom is 0.243 e. The first-order chi connectivity index (χ1) is 12.0. The number of benzene rings is 2. The van der Waals surface area contributed by atoms with E-state index in [0.717, 1.165) is 22.9 Å². The van der Waals surface area contributed by atoms with Crippen LogP contribution in [0.25, 0.3) is 10.9 Å². The fraction of sp³-hybridized carbons (Fsp3) is 0.211. The predicted octanol–water partition coefficient (Wildman–Crippen LogP) is 4.49. The molecule has 0 aliphatic heterocycles. The Balaban J connectivity index is 1.99. The highest BCUT2D eigenvalue weighted by molar-refractivity contribution is 7.89. The fourth-order valence-corrected chi connectivity index (χ4v) is 4.41. The third-order valence-electron chi connectivity index (χ3n) is 3.99. The second-order valence-electron chi connectivity index (χ2n) is 5.78. The molecule has 0 saturated heterocycles. The van der Waals surface area contributed by atoms with Crippen molar-refractivity contribution in [2.24, 2.45) is 0 Å². The number of nitrogens with zero attached hydrogens (tertiary/aromatic N) is 2. The number of hydrogen-bond donors (Lipinski definition) is 0. The van der Waals surface area contributed by atoms with Crippen LogP contribution in [0.4, 0.5) is 0 Å². The van der Waals surface area contributed by atoms with Crippen molar-refractivity contribution in [3.63, 3.8) is 0 Å². The van der Waals surface area contributed by atoms with E-state index in [9.17, 15) is 8.42 Å².